The Morgan fingerprint density at radius 2 is 1.04 bits per heavy atom. The molecular weight excluding hydrogens is 869 g/mol. The van der Waals surface area contributed by atoms with E-state index in [0.29, 0.717) is 41.5 Å². The molecule has 0 heterocycles. The van der Waals surface area contributed by atoms with Gasteiger partial charge in [-0.3, -0.25) is 9.69 Å². The van der Waals surface area contributed by atoms with Crippen molar-refractivity contribution in [2.24, 2.45) is 22.7 Å². The molecule has 0 bridgehead atoms. The minimum atomic E-state index is -0.394. The molecule has 0 radical (unpaired) electrons. The van der Waals surface area contributed by atoms with Crippen molar-refractivity contribution in [1.29, 1.82) is 0 Å². The Balaban J connectivity index is 0.000000208. The number of nitrogens with one attached hydrogen (secondary N) is 1. The molecule has 0 saturated heterocycles. The number of hydrogen-bond donors (Lipinski definition) is 1. The summed E-state index contributed by atoms with van der Waals surface area (Å²) in [6.45, 7) is 20.0. The van der Waals surface area contributed by atoms with E-state index in [9.17, 15) is 9.59 Å². The molecule has 4 aromatic rings. The average Bonchev–Trinajstić information content (AvgIpc) is 3.37. The molecule has 70 heavy (non-hydrogen) atoms. The predicted molar refractivity (Wildman–Crippen MR) is 289 cm³/mol. The molecule has 4 aromatic carbocycles. The summed E-state index contributed by atoms with van der Waals surface area (Å²) in [6, 6.07) is 28.1. The standard InChI is InChI=1S/C31H45NO3.C27H39NO.C4H6O2/c1-31(2,3)26-13-16-28(17-14-26)35-29-15-12-24-20-23(10-11-25(24)21-29)22-32(19-18-30(33)34-4)27-8-6-5-7-9-27;1-27(2,3)23-12-15-25(16-13-23)29-26-14-11-21-17-20(9-10-22(21)18-26)19-28-24-7-5-4-6-8-24;1-3-4(5)6-2/h10-12,15,20-21,26-28H,5-9,13-14,16-19,22H2,1-4H3;9-11,14,17-18,23-25,28H,4-8,12-13,15-16,19H2,1-3H3;3H,1H2,2H3. The smallest absolute Gasteiger partial charge is 0.329 e. The first kappa shape index (κ1) is 54.9. The van der Waals surface area contributed by atoms with Crippen molar-refractivity contribution in [3.05, 3.63) is 96.6 Å². The monoisotopic (exact) mass is 959 g/mol. The highest BCUT2D eigenvalue weighted by molar-refractivity contribution is 5.85. The topological polar surface area (TPSA) is 86.3 Å². The first-order valence-corrected chi connectivity index (χ1v) is 27.2. The average molecular weight is 959 g/mol. The number of esters is 2. The van der Waals surface area contributed by atoms with Crippen LogP contribution in [0.2, 0.25) is 0 Å². The summed E-state index contributed by atoms with van der Waals surface area (Å²) in [5.41, 5.74) is 3.52. The summed E-state index contributed by atoms with van der Waals surface area (Å²) in [5.74, 6) is 3.15. The highest BCUT2D eigenvalue weighted by Crippen LogP contribution is 2.40. The van der Waals surface area contributed by atoms with Crippen LogP contribution < -0.4 is 14.8 Å². The third-order valence-electron chi connectivity index (χ3n) is 16.0. The minimum Gasteiger partial charge on any atom is -0.490 e. The molecule has 0 aliphatic heterocycles. The molecule has 0 amide bonds. The van der Waals surface area contributed by atoms with Crippen LogP contribution in [0, 0.1) is 22.7 Å². The summed E-state index contributed by atoms with van der Waals surface area (Å²) >= 11 is 0. The molecule has 8 rings (SSSR count). The molecule has 4 saturated carbocycles. The number of fused-ring (bicyclic) bond motifs is 2. The third-order valence-corrected chi connectivity index (χ3v) is 16.0. The van der Waals surface area contributed by atoms with Crippen molar-refractivity contribution in [2.75, 3.05) is 20.8 Å². The number of methoxy groups -OCH3 is 2. The van der Waals surface area contributed by atoms with Crippen LogP contribution in [0.1, 0.15) is 175 Å². The van der Waals surface area contributed by atoms with Gasteiger partial charge in [-0.05, 0) is 169 Å². The van der Waals surface area contributed by atoms with E-state index in [1.165, 1.54) is 150 Å². The summed E-state index contributed by atoms with van der Waals surface area (Å²) in [6.07, 6.45) is 25.3. The Kier molecular flexibility index (Phi) is 21.1. The Morgan fingerprint density at radius 1 is 0.586 bits per heavy atom. The molecule has 0 unspecified atom stereocenters. The van der Waals surface area contributed by atoms with Gasteiger partial charge in [-0.1, -0.05) is 123 Å². The van der Waals surface area contributed by atoms with Crippen molar-refractivity contribution in [1.82, 2.24) is 10.2 Å². The zero-order valence-electron chi connectivity index (χ0n) is 44.6. The Bertz CT molecular complexity index is 2230. The molecule has 8 nitrogen and oxygen atoms in total. The van der Waals surface area contributed by atoms with E-state index in [0.717, 1.165) is 61.9 Å². The van der Waals surface area contributed by atoms with Crippen LogP contribution in [0.15, 0.2) is 85.5 Å². The number of carbonyl (C=O) groups excluding carboxylic acids is 2. The van der Waals surface area contributed by atoms with Crippen molar-refractivity contribution in [3.8, 4) is 11.5 Å². The van der Waals surface area contributed by atoms with Crippen LogP contribution in [0.4, 0.5) is 0 Å². The lowest BCUT2D eigenvalue weighted by molar-refractivity contribution is -0.141. The molecule has 8 heteroatoms. The Morgan fingerprint density at radius 3 is 1.50 bits per heavy atom. The van der Waals surface area contributed by atoms with Crippen LogP contribution >= 0.6 is 0 Å². The maximum atomic E-state index is 11.8. The predicted octanol–water partition coefficient (Wildman–Crippen LogP) is 15.1. The van der Waals surface area contributed by atoms with E-state index in [-0.39, 0.29) is 5.97 Å². The van der Waals surface area contributed by atoms with Gasteiger partial charge in [-0.15, -0.1) is 0 Å². The van der Waals surface area contributed by atoms with Gasteiger partial charge < -0.3 is 24.3 Å². The van der Waals surface area contributed by atoms with Crippen molar-refractivity contribution in [3.63, 3.8) is 0 Å². The van der Waals surface area contributed by atoms with E-state index < -0.39 is 5.97 Å². The fourth-order valence-electron chi connectivity index (χ4n) is 11.4. The number of hydrogen-bond acceptors (Lipinski definition) is 8. The van der Waals surface area contributed by atoms with Gasteiger partial charge in [0, 0.05) is 37.8 Å². The number of rotatable bonds is 14. The first-order chi connectivity index (χ1) is 33.6. The zero-order chi connectivity index (χ0) is 50.1. The zero-order valence-corrected chi connectivity index (χ0v) is 44.6. The summed E-state index contributed by atoms with van der Waals surface area (Å²) in [7, 11) is 2.79. The lowest BCUT2D eigenvalue weighted by Gasteiger charge is -2.37. The van der Waals surface area contributed by atoms with E-state index in [1.807, 2.05) is 0 Å². The van der Waals surface area contributed by atoms with Crippen molar-refractivity contribution >= 4 is 33.5 Å². The van der Waals surface area contributed by atoms with Crippen LogP contribution in [0.5, 0.6) is 11.5 Å². The Labute approximate surface area is 423 Å². The highest BCUT2D eigenvalue weighted by atomic mass is 16.5. The molecule has 0 aromatic heterocycles. The van der Waals surface area contributed by atoms with Gasteiger partial charge in [0.05, 0.1) is 32.8 Å². The molecule has 4 aliphatic carbocycles. The second kappa shape index (κ2) is 26.9. The third kappa shape index (κ3) is 17.4. The lowest BCUT2D eigenvalue weighted by atomic mass is 9.72. The molecule has 4 aliphatic rings. The molecule has 0 spiro atoms. The van der Waals surface area contributed by atoms with Gasteiger partial charge in [-0.2, -0.15) is 0 Å². The van der Waals surface area contributed by atoms with Crippen LogP contribution in [-0.4, -0.2) is 61.9 Å². The van der Waals surface area contributed by atoms with Crippen LogP contribution in [0.25, 0.3) is 21.5 Å². The van der Waals surface area contributed by atoms with Crippen LogP contribution in [-0.2, 0) is 32.2 Å². The van der Waals surface area contributed by atoms with Crippen molar-refractivity contribution < 1.29 is 28.5 Å². The first-order valence-electron chi connectivity index (χ1n) is 27.2. The fourth-order valence-corrected chi connectivity index (χ4v) is 11.4. The van der Waals surface area contributed by atoms with Crippen LogP contribution in [0.3, 0.4) is 0 Å². The highest BCUT2D eigenvalue weighted by Gasteiger charge is 2.32. The normalized spacial score (nSPS) is 21.4. The maximum Gasteiger partial charge on any atom is 0.329 e. The second-order valence-electron chi connectivity index (χ2n) is 23.1. The summed E-state index contributed by atoms with van der Waals surface area (Å²) < 4.78 is 21.8. The molecule has 4 fully saturated rings. The van der Waals surface area contributed by atoms with Gasteiger partial charge in [0.2, 0.25) is 0 Å². The number of nitrogens with zero attached hydrogens (tertiary/aromatic N) is 1. The van der Waals surface area contributed by atoms with Crippen molar-refractivity contribution in [2.45, 2.75) is 201 Å². The largest absolute Gasteiger partial charge is 0.490 e. The van der Waals surface area contributed by atoms with E-state index in [2.05, 4.69) is 136 Å². The summed E-state index contributed by atoms with van der Waals surface area (Å²) in [5, 5.41) is 8.84. The molecule has 0 atom stereocenters. The quantitative estimate of drug-likeness (QED) is 0.0988. The van der Waals surface area contributed by atoms with Gasteiger partial charge in [0.25, 0.3) is 0 Å². The maximum absolute atomic E-state index is 11.8. The van der Waals surface area contributed by atoms with E-state index >= 15 is 0 Å². The number of benzene rings is 4. The number of carbonyl (C=O) groups is 2. The van der Waals surface area contributed by atoms with E-state index in [1.54, 1.807) is 0 Å². The SMILES string of the molecule is C=CC(=O)OC.CC(C)(C)C1CCC(Oc2ccc3cc(CNC4CCCCC4)ccc3c2)CC1.COC(=O)CCN(Cc1ccc2cc(OC3CCC(C(C)(C)C)CC3)ccc2c1)C1CCCCC1. The van der Waals surface area contributed by atoms with Gasteiger partial charge in [-0.25, -0.2) is 4.79 Å². The Hall–Kier alpha value is -4.40. The molecule has 1 N–H and O–H groups in total. The second-order valence-corrected chi connectivity index (χ2v) is 23.1. The lowest BCUT2D eigenvalue weighted by Crippen LogP contribution is -2.37. The van der Waals surface area contributed by atoms with Gasteiger partial charge >= 0.3 is 11.9 Å². The number of ether oxygens (including phenoxy) is 4. The fraction of sp³-hybridized carbons (Fsp3) is 0.613. The van der Waals surface area contributed by atoms with Gasteiger partial charge in [0.15, 0.2) is 0 Å². The van der Waals surface area contributed by atoms with Gasteiger partial charge in [0.1, 0.15) is 11.5 Å². The van der Waals surface area contributed by atoms with E-state index in [4.69, 9.17) is 14.2 Å². The minimum absolute atomic E-state index is 0.122. The molecule has 384 valence electrons. The summed E-state index contributed by atoms with van der Waals surface area (Å²) in [4.78, 5) is 24.1. The molecular formula is C62H90N2O6.